The number of hydrogen-bond acceptors (Lipinski definition) is 4. The van der Waals surface area contributed by atoms with Gasteiger partial charge in [0.2, 0.25) is 5.91 Å². The van der Waals surface area contributed by atoms with E-state index in [9.17, 15) is 9.18 Å². The first-order valence-electron chi connectivity index (χ1n) is 5.75. The van der Waals surface area contributed by atoms with Crippen molar-refractivity contribution in [1.82, 2.24) is 0 Å². The summed E-state index contributed by atoms with van der Waals surface area (Å²) in [5.41, 5.74) is 11.8. The van der Waals surface area contributed by atoms with Gasteiger partial charge >= 0.3 is 0 Å². The van der Waals surface area contributed by atoms with Crippen molar-refractivity contribution in [3.63, 3.8) is 0 Å². The van der Waals surface area contributed by atoms with Gasteiger partial charge in [0.25, 0.3) is 0 Å². The monoisotopic (exact) mass is 253 g/mol. The number of hydrogen-bond donors (Lipinski definition) is 2. The Labute approximate surface area is 104 Å². The smallest absolute Gasteiger partial charge is 0.242 e. The minimum Gasteiger partial charge on any atom is -0.377 e. The molecule has 0 aliphatic carbocycles. The zero-order valence-corrected chi connectivity index (χ0v) is 9.93. The van der Waals surface area contributed by atoms with Crippen molar-refractivity contribution < 1.29 is 13.9 Å². The second kappa shape index (κ2) is 5.32. The zero-order chi connectivity index (χ0) is 13.1. The van der Waals surface area contributed by atoms with Gasteiger partial charge in [0.15, 0.2) is 0 Å². The summed E-state index contributed by atoms with van der Waals surface area (Å²) in [7, 11) is 0. The Morgan fingerprint density at radius 1 is 1.56 bits per heavy atom. The van der Waals surface area contributed by atoms with Crippen LogP contribution in [0.2, 0.25) is 0 Å². The molecule has 1 aromatic rings. The van der Waals surface area contributed by atoms with Crippen molar-refractivity contribution >= 4 is 11.6 Å². The molecule has 2 rings (SSSR count). The molecule has 6 heteroatoms. The predicted octanol–water partition coefficient (Wildman–Crippen LogP) is -0.0251. The Hall–Kier alpha value is -1.66. The first-order chi connectivity index (χ1) is 8.63. The number of nitrogens with zero attached hydrogens (tertiary/aromatic N) is 1. The Balaban J connectivity index is 2.31. The van der Waals surface area contributed by atoms with Crippen LogP contribution in [0.15, 0.2) is 18.2 Å². The summed E-state index contributed by atoms with van der Waals surface area (Å²) >= 11 is 0. The Bertz CT molecular complexity index is 453. The summed E-state index contributed by atoms with van der Waals surface area (Å²) in [6.45, 7) is 1.35. The molecule has 98 valence electrons. The van der Waals surface area contributed by atoms with Gasteiger partial charge in [0, 0.05) is 13.1 Å². The second-order valence-electron chi connectivity index (χ2n) is 4.18. The number of ether oxygens (including phenoxy) is 1. The van der Waals surface area contributed by atoms with Crippen LogP contribution in [0, 0.1) is 5.82 Å². The maximum absolute atomic E-state index is 14.0. The number of amides is 1. The van der Waals surface area contributed by atoms with Gasteiger partial charge in [0.05, 0.1) is 18.9 Å². The number of anilines is 1. The minimum absolute atomic E-state index is 0.188. The molecule has 1 unspecified atom stereocenters. The molecular formula is C12H16FN3O2. The van der Waals surface area contributed by atoms with Crippen LogP contribution >= 0.6 is 0 Å². The number of halogens is 1. The van der Waals surface area contributed by atoms with Crippen LogP contribution in [0.1, 0.15) is 5.56 Å². The fourth-order valence-electron chi connectivity index (χ4n) is 2.04. The summed E-state index contributed by atoms with van der Waals surface area (Å²) in [6.07, 6.45) is 0. The van der Waals surface area contributed by atoms with E-state index in [0.717, 1.165) is 0 Å². The molecule has 0 saturated carbocycles. The van der Waals surface area contributed by atoms with Gasteiger partial charge in [-0.15, -0.1) is 0 Å². The lowest BCUT2D eigenvalue weighted by molar-refractivity contribution is -0.121. The molecular weight excluding hydrogens is 237 g/mol. The highest BCUT2D eigenvalue weighted by molar-refractivity contribution is 5.84. The fourth-order valence-corrected chi connectivity index (χ4v) is 2.04. The van der Waals surface area contributed by atoms with E-state index in [1.54, 1.807) is 17.0 Å². The molecule has 18 heavy (non-hydrogen) atoms. The van der Waals surface area contributed by atoms with E-state index in [4.69, 9.17) is 16.2 Å². The maximum atomic E-state index is 14.0. The zero-order valence-electron chi connectivity index (χ0n) is 9.93. The SMILES string of the molecule is NCc1ccc(N2CCOCC2C(N)=O)c(F)c1. The molecule has 1 atom stereocenters. The van der Waals surface area contributed by atoms with Crippen LogP contribution in [-0.2, 0) is 16.1 Å². The lowest BCUT2D eigenvalue weighted by Crippen LogP contribution is -2.53. The van der Waals surface area contributed by atoms with Gasteiger partial charge in [-0.25, -0.2) is 4.39 Å². The maximum Gasteiger partial charge on any atom is 0.242 e. The van der Waals surface area contributed by atoms with Crippen LogP contribution in [0.25, 0.3) is 0 Å². The van der Waals surface area contributed by atoms with Gasteiger partial charge < -0.3 is 21.1 Å². The van der Waals surface area contributed by atoms with E-state index in [0.29, 0.717) is 24.4 Å². The Morgan fingerprint density at radius 2 is 2.33 bits per heavy atom. The molecule has 5 nitrogen and oxygen atoms in total. The molecule has 0 radical (unpaired) electrons. The normalized spacial score (nSPS) is 19.9. The first kappa shape index (κ1) is 12.8. The molecule has 1 aliphatic rings. The number of primary amides is 1. The van der Waals surface area contributed by atoms with Crippen molar-refractivity contribution in [1.29, 1.82) is 0 Å². The second-order valence-corrected chi connectivity index (χ2v) is 4.18. The lowest BCUT2D eigenvalue weighted by atomic mass is 10.1. The number of rotatable bonds is 3. The molecule has 1 fully saturated rings. The molecule has 1 aliphatic heterocycles. The van der Waals surface area contributed by atoms with E-state index in [-0.39, 0.29) is 13.2 Å². The summed E-state index contributed by atoms with van der Waals surface area (Å²) in [6, 6.07) is 4.12. The quantitative estimate of drug-likeness (QED) is 0.793. The van der Waals surface area contributed by atoms with Crippen LogP contribution in [-0.4, -0.2) is 31.7 Å². The Kier molecular flexibility index (Phi) is 3.78. The van der Waals surface area contributed by atoms with Crippen molar-refractivity contribution in [3.8, 4) is 0 Å². The van der Waals surface area contributed by atoms with Crippen molar-refractivity contribution in [2.24, 2.45) is 11.5 Å². The van der Waals surface area contributed by atoms with Gasteiger partial charge in [-0.3, -0.25) is 4.79 Å². The van der Waals surface area contributed by atoms with E-state index in [1.165, 1.54) is 6.07 Å². The molecule has 1 amide bonds. The topological polar surface area (TPSA) is 81.6 Å². The third-order valence-electron chi connectivity index (χ3n) is 3.01. The van der Waals surface area contributed by atoms with Gasteiger partial charge in [-0.1, -0.05) is 6.07 Å². The Morgan fingerprint density at radius 3 is 2.94 bits per heavy atom. The molecule has 4 N–H and O–H groups in total. The number of carbonyl (C=O) groups excluding carboxylic acids is 1. The van der Waals surface area contributed by atoms with E-state index in [1.807, 2.05) is 0 Å². The summed E-state index contributed by atoms with van der Waals surface area (Å²) in [5.74, 6) is -0.914. The number of morpholine rings is 1. The first-order valence-corrected chi connectivity index (χ1v) is 5.75. The van der Waals surface area contributed by atoms with E-state index < -0.39 is 17.8 Å². The van der Waals surface area contributed by atoms with Gasteiger partial charge in [-0.05, 0) is 17.7 Å². The fraction of sp³-hybridized carbons (Fsp3) is 0.417. The largest absolute Gasteiger partial charge is 0.377 e. The van der Waals surface area contributed by atoms with Crippen LogP contribution in [0.4, 0.5) is 10.1 Å². The highest BCUT2D eigenvalue weighted by atomic mass is 19.1. The van der Waals surface area contributed by atoms with E-state index in [2.05, 4.69) is 0 Å². The number of carbonyl (C=O) groups is 1. The number of nitrogens with two attached hydrogens (primary N) is 2. The standard InChI is InChI=1S/C12H16FN3O2/c13-9-5-8(6-14)1-2-10(9)16-3-4-18-7-11(16)12(15)17/h1-2,5,11H,3-4,6-7,14H2,(H2,15,17). The van der Waals surface area contributed by atoms with Crippen LogP contribution in [0.5, 0.6) is 0 Å². The van der Waals surface area contributed by atoms with Gasteiger partial charge in [-0.2, -0.15) is 0 Å². The molecule has 1 aromatic carbocycles. The van der Waals surface area contributed by atoms with Crippen molar-refractivity contribution in [2.75, 3.05) is 24.7 Å². The third-order valence-corrected chi connectivity index (χ3v) is 3.01. The van der Waals surface area contributed by atoms with E-state index >= 15 is 0 Å². The highest BCUT2D eigenvalue weighted by Crippen LogP contribution is 2.24. The molecule has 0 bridgehead atoms. The minimum atomic E-state index is -0.628. The summed E-state index contributed by atoms with van der Waals surface area (Å²) < 4.78 is 19.2. The molecule has 1 heterocycles. The summed E-state index contributed by atoms with van der Waals surface area (Å²) in [4.78, 5) is 13.0. The average molecular weight is 253 g/mol. The highest BCUT2D eigenvalue weighted by Gasteiger charge is 2.29. The van der Waals surface area contributed by atoms with Crippen LogP contribution < -0.4 is 16.4 Å². The predicted molar refractivity (Wildman–Crippen MR) is 65.4 cm³/mol. The van der Waals surface area contributed by atoms with Crippen molar-refractivity contribution in [2.45, 2.75) is 12.6 Å². The van der Waals surface area contributed by atoms with Crippen molar-refractivity contribution in [3.05, 3.63) is 29.6 Å². The number of benzene rings is 1. The third kappa shape index (κ3) is 2.44. The molecule has 1 saturated heterocycles. The molecule has 0 aromatic heterocycles. The van der Waals surface area contributed by atoms with Crippen LogP contribution in [0.3, 0.4) is 0 Å². The van der Waals surface area contributed by atoms with Gasteiger partial charge in [0.1, 0.15) is 11.9 Å². The summed E-state index contributed by atoms with van der Waals surface area (Å²) in [5, 5.41) is 0. The molecule has 0 spiro atoms. The average Bonchev–Trinajstić information content (AvgIpc) is 2.38. The lowest BCUT2D eigenvalue weighted by Gasteiger charge is -2.35.